The van der Waals surface area contributed by atoms with Gasteiger partial charge in [0.25, 0.3) is 11.8 Å². The number of carbonyl (C=O) groups is 2. The molecule has 0 N–H and O–H groups in total. The largest absolute Gasteiger partial charge is 0.497 e. The number of hydrogen-bond acceptors (Lipinski definition) is 4. The van der Waals surface area contributed by atoms with E-state index in [0.29, 0.717) is 22.6 Å². The Labute approximate surface area is 209 Å². The van der Waals surface area contributed by atoms with Gasteiger partial charge in [-0.25, -0.2) is 0 Å². The van der Waals surface area contributed by atoms with Crippen LogP contribution in [0.3, 0.4) is 0 Å². The van der Waals surface area contributed by atoms with E-state index in [9.17, 15) is 9.59 Å². The van der Waals surface area contributed by atoms with Gasteiger partial charge in [-0.3, -0.25) is 9.59 Å². The van der Waals surface area contributed by atoms with Crippen molar-refractivity contribution >= 4 is 34.5 Å². The molecule has 0 spiro atoms. The number of para-hydroxylation sites is 2. The second kappa shape index (κ2) is 9.76. The van der Waals surface area contributed by atoms with Crippen LogP contribution < -0.4 is 14.5 Å². The molecule has 176 valence electrons. The van der Waals surface area contributed by atoms with Crippen molar-refractivity contribution in [2.45, 2.75) is 25.4 Å². The highest BCUT2D eigenvalue weighted by Crippen LogP contribution is 2.43. The Morgan fingerprint density at radius 2 is 1.63 bits per heavy atom. The fourth-order valence-electron chi connectivity index (χ4n) is 4.75. The van der Waals surface area contributed by atoms with Gasteiger partial charge in [0.1, 0.15) is 5.75 Å². The minimum atomic E-state index is -0.210. The second-order valence-corrected chi connectivity index (χ2v) is 9.50. The first kappa shape index (κ1) is 22.9. The van der Waals surface area contributed by atoms with Gasteiger partial charge in [0.2, 0.25) is 0 Å². The van der Waals surface area contributed by atoms with Gasteiger partial charge in [0, 0.05) is 23.0 Å². The summed E-state index contributed by atoms with van der Waals surface area (Å²) in [5, 5.41) is 1.92. The van der Waals surface area contributed by atoms with E-state index in [1.807, 2.05) is 88.8 Å². The maximum absolute atomic E-state index is 13.8. The molecule has 2 atom stereocenters. The molecule has 6 heteroatoms. The molecule has 2 amide bonds. The van der Waals surface area contributed by atoms with Gasteiger partial charge < -0.3 is 14.5 Å². The van der Waals surface area contributed by atoms with Crippen molar-refractivity contribution < 1.29 is 14.3 Å². The Hall–Kier alpha value is -3.90. The highest BCUT2D eigenvalue weighted by Gasteiger charge is 2.39. The normalized spacial score (nSPS) is 16.9. The molecule has 0 saturated carbocycles. The molecule has 1 aromatic heterocycles. The minimum Gasteiger partial charge on any atom is -0.497 e. The number of thiophene rings is 1. The highest BCUT2D eigenvalue weighted by molar-refractivity contribution is 7.12. The van der Waals surface area contributed by atoms with E-state index in [4.69, 9.17) is 4.74 Å². The monoisotopic (exact) mass is 482 g/mol. The summed E-state index contributed by atoms with van der Waals surface area (Å²) in [5.74, 6) is 0.606. The maximum Gasteiger partial charge on any atom is 0.268 e. The Kier molecular flexibility index (Phi) is 6.38. The quantitative estimate of drug-likeness (QED) is 0.323. The predicted molar refractivity (Wildman–Crippen MR) is 141 cm³/mol. The molecule has 3 aromatic carbocycles. The fourth-order valence-corrected chi connectivity index (χ4v) is 5.41. The number of nitrogens with zero attached hydrogens (tertiary/aromatic N) is 2. The van der Waals surface area contributed by atoms with Gasteiger partial charge in [0.05, 0.1) is 18.0 Å². The smallest absolute Gasteiger partial charge is 0.268 e. The van der Waals surface area contributed by atoms with Gasteiger partial charge in [0.15, 0.2) is 0 Å². The van der Waals surface area contributed by atoms with Gasteiger partial charge >= 0.3 is 0 Å². The van der Waals surface area contributed by atoms with Crippen LogP contribution in [-0.2, 0) is 0 Å². The van der Waals surface area contributed by atoms with Crippen molar-refractivity contribution in [3.05, 3.63) is 112 Å². The van der Waals surface area contributed by atoms with E-state index in [1.165, 1.54) is 11.3 Å². The topological polar surface area (TPSA) is 49.9 Å². The van der Waals surface area contributed by atoms with Crippen LogP contribution in [0.4, 0.5) is 11.4 Å². The molecule has 0 fully saturated rings. The molecule has 5 nitrogen and oxygen atoms in total. The molecule has 4 aromatic rings. The molecule has 0 aliphatic carbocycles. The molecule has 0 radical (unpaired) electrons. The van der Waals surface area contributed by atoms with Gasteiger partial charge in [-0.05, 0) is 72.8 Å². The summed E-state index contributed by atoms with van der Waals surface area (Å²) < 4.78 is 5.25. The lowest BCUT2D eigenvalue weighted by molar-refractivity contribution is 0.0967. The maximum atomic E-state index is 13.8. The van der Waals surface area contributed by atoms with Crippen molar-refractivity contribution in [1.82, 2.24) is 0 Å². The van der Waals surface area contributed by atoms with Crippen LogP contribution in [0.15, 0.2) is 96.4 Å². The van der Waals surface area contributed by atoms with Crippen LogP contribution in [0.5, 0.6) is 5.75 Å². The first-order chi connectivity index (χ1) is 17.1. The molecule has 1 aliphatic rings. The summed E-state index contributed by atoms with van der Waals surface area (Å²) in [7, 11) is 1.61. The molecule has 1 aliphatic heterocycles. The Bertz CT molecular complexity index is 1320. The molecule has 0 unspecified atom stereocenters. The fraction of sp³-hybridized carbons (Fsp3) is 0.172. The summed E-state index contributed by atoms with van der Waals surface area (Å²) in [6.45, 7) is 2.04. The van der Waals surface area contributed by atoms with E-state index in [1.54, 1.807) is 31.4 Å². The molecule has 35 heavy (non-hydrogen) atoms. The number of fused-ring (bicyclic) bond motifs is 1. The average Bonchev–Trinajstić information content (AvgIpc) is 3.44. The van der Waals surface area contributed by atoms with Crippen molar-refractivity contribution in [3.63, 3.8) is 0 Å². The lowest BCUT2D eigenvalue weighted by Gasteiger charge is -2.43. The van der Waals surface area contributed by atoms with Crippen LogP contribution in [-0.4, -0.2) is 25.0 Å². The van der Waals surface area contributed by atoms with Gasteiger partial charge in [-0.15, -0.1) is 11.3 Å². The van der Waals surface area contributed by atoms with E-state index in [-0.39, 0.29) is 23.9 Å². The Balaban J connectivity index is 1.58. The molecule has 0 saturated heterocycles. The molecular formula is C29H26N2O3S. The van der Waals surface area contributed by atoms with E-state index in [2.05, 4.69) is 0 Å². The van der Waals surface area contributed by atoms with Crippen molar-refractivity contribution in [1.29, 1.82) is 0 Å². The number of amides is 2. The SMILES string of the molecule is COc1ccc(C(=O)N2c3ccccc3[C@H](N(C(=O)c3cccs3)c3ccccc3)C[C@H]2C)cc1. The van der Waals surface area contributed by atoms with Crippen LogP contribution >= 0.6 is 11.3 Å². The molecular weight excluding hydrogens is 456 g/mol. The van der Waals surface area contributed by atoms with Gasteiger partial charge in [-0.1, -0.05) is 42.5 Å². The van der Waals surface area contributed by atoms with Crippen LogP contribution in [0.25, 0.3) is 0 Å². The van der Waals surface area contributed by atoms with Crippen LogP contribution in [0.1, 0.15) is 45.0 Å². The summed E-state index contributed by atoms with van der Waals surface area (Å²) in [5.41, 5.74) is 3.23. The van der Waals surface area contributed by atoms with Crippen molar-refractivity contribution in [2.75, 3.05) is 16.9 Å². The summed E-state index contributed by atoms with van der Waals surface area (Å²) >= 11 is 1.44. The van der Waals surface area contributed by atoms with E-state index >= 15 is 0 Å². The zero-order valence-corrected chi connectivity index (χ0v) is 20.4. The Morgan fingerprint density at radius 3 is 2.31 bits per heavy atom. The number of methoxy groups -OCH3 is 1. The summed E-state index contributed by atoms with van der Waals surface area (Å²) in [6.07, 6.45) is 0.616. The molecule has 5 rings (SSSR count). The number of benzene rings is 3. The number of anilines is 2. The molecule has 0 bridgehead atoms. The number of rotatable bonds is 5. The van der Waals surface area contributed by atoms with Crippen LogP contribution in [0.2, 0.25) is 0 Å². The average molecular weight is 483 g/mol. The second-order valence-electron chi connectivity index (χ2n) is 8.55. The molecule has 2 heterocycles. The summed E-state index contributed by atoms with van der Waals surface area (Å²) in [4.78, 5) is 31.8. The van der Waals surface area contributed by atoms with E-state index < -0.39 is 0 Å². The predicted octanol–water partition coefficient (Wildman–Crippen LogP) is 6.58. The standard InChI is InChI=1S/C29H26N2O3S/c1-20-19-26(31(22-9-4-3-5-10-22)29(33)27-13-8-18-35-27)24-11-6-7-12-25(24)30(20)28(32)21-14-16-23(34-2)17-15-21/h3-18,20,26H,19H2,1-2H3/t20-,26-/m1/s1. The number of ether oxygens (including phenoxy) is 1. The highest BCUT2D eigenvalue weighted by atomic mass is 32.1. The first-order valence-corrected chi connectivity index (χ1v) is 12.4. The third kappa shape index (κ3) is 4.33. The third-order valence-corrected chi connectivity index (χ3v) is 7.27. The zero-order valence-electron chi connectivity index (χ0n) is 19.6. The lowest BCUT2D eigenvalue weighted by Crippen LogP contribution is -2.47. The van der Waals surface area contributed by atoms with E-state index in [0.717, 1.165) is 16.9 Å². The van der Waals surface area contributed by atoms with Crippen LogP contribution in [0, 0.1) is 0 Å². The minimum absolute atomic E-state index is 0.0341. The number of hydrogen-bond donors (Lipinski definition) is 0. The van der Waals surface area contributed by atoms with Gasteiger partial charge in [-0.2, -0.15) is 0 Å². The Morgan fingerprint density at radius 1 is 0.914 bits per heavy atom. The van der Waals surface area contributed by atoms with Crippen molar-refractivity contribution in [3.8, 4) is 5.75 Å². The summed E-state index contributed by atoms with van der Waals surface area (Å²) in [6, 6.07) is 28.3. The third-order valence-electron chi connectivity index (χ3n) is 6.41. The zero-order chi connectivity index (χ0) is 24.4. The lowest BCUT2D eigenvalue weighted by atomic mass is 9.89. The first-order valence-electron chi connectivity index (χ1n) is 11.6. The van der Waals surface area contributed by atoms with Crippen molar-refractivity contribution in [2.24, 2.45) is 0 Å². The number of carbonyl (C=O) groups excluding carboxylic acids is 2.